The number of methoxy groups -OCH3 is 1. The molecule has 1 aliphatic carbocycles. The number of nitro groups is 1. The van der Waals surface area contributed by atoms with Gasteiger partial charge in [0.2, 0.25) is 0 Å². The normalized spacial score (nSPS) is 13.6. The number of pyridine rings is 1. The Morgan fingerprint density at radius 1 is 1.25 bits per heavy atom. The molecule has 2 aromatic rings. The zero-order chi connectivity index (χ0) is 20.1. The van der Waals surface area contributed by atoms with E-state index in [0.29, 0.717) is 16.4 Å². The number of esters is 1. The number of carbonyl (C=O) groups is 1. The fourth-order valence-corrected chi connectivity index (χ4v) is 4.70. The third-order valence-electron chi connectivity index (χ3n) is 4.49. The molecule has 0 unspecified atom stereocenters. The maximum atomic E-state index is 12.4. The first-order chi connectivity index (χ1) is 13.5. The molecule has 3 rings (SSSR count). The van der Waals surface area contributed by atoms with Crippen LogP contribution in [0.3, 0.4) is 0 Å². The van der Waals surface area contributed by atoms with Crippen LogP contribution < -0.4 is 10.6 Å². The van der Waals surface area contributed by atoms with Crippen LogP contribution in [-0.2, 0) is 17.6 Å². The summed E-state index contributed by atoms with van der Waals surface area (Å²) in [5, 5.41) is 17.6. The molecule has 148 valence electrons. The van der Waals surface area contributed by atoms with Crippen molar-refractivity contribution in [2.75, 3.05) is 17.7 Å². The maximum Gasteiger partial charge on any atom is 0.341 e. The Morgan fingerprint density at radius 3 is 2.64 bits per heavy atom. The third-order valence-corrected chi connectivity index (χ3v) is 5.90. The molecule has 0 aromatic carbocycles. The molecule has 0 radical (unpaired) electrons. The Bertz CT molecular complexity index is 896. The average molecular weight is 421 g/mol. The van der Waals surface area contributed by atoms with Gasteiger partial charge in [0.25, 0.3) is 5.69 Å². The lowest BCUT2D eigenvalue weighted by molar-refractivity contribution is -0.385. The summed E-state index contributed by atoms with van der Waals surface area (Å²) >= 11 is 6.86. The quantitative estimate of drug-likeness (QED) is 0.326. The van der Waals surface area contributed by atoms with Gasteiger partial charge in [-0.15, -0.1) is 11.3 Å². The molecule has 0 fully saturated rings. The first kappa shape index (κ1) is 20.2. The van der Waals surface area contributed by atoms with Gasteiger partial charge in [-0.2, -0.15) is 0 Å². The summed E-state index contributed by atoms with van der Waals surface area (Å²) in [6, 6.07) is 2.82. The van der Waals surface area contributed by atoms with Crippen LogP contribution in [0.4, 0.5) is 16.5 Å². The van der Waals surface area contributed by atoms with E-state index in [1.165, 1.54) is 41.9 Å². The number of hydrogen-bond donors (Lipinski definition) is 2. The van der Waals surface area contributed by atoms with Crippen LogP contribution in [0.2, 0.25) is 0 Å². The highest BCUT2D eigenvalue weighted by atomic mass is 32.1. The molecule has 2 heterocycles. The van der Waals surface area contributed by atoms with Gasteiger partial charge in [-0.3, -0.25) is 10.1 Å². The molecule has 2 N–H and O–H groups in total. The van der Waals surface area contributed by atoms with Crippen molar-refractivity contribution in [1.82, 2.24) is 4.98 Å². The molecule has 28 heavy (non-hydrogen) atoms. The second-order valence-corrected chi connectivity index (χ2v) is 7.87. The Labute approximate surface area is 171 Å². The van der Waals surface area contributed by atoms with Crippen molar-refractivity contribution in [2.24, 2.45) is 0 Å². The Kier molecular flexibility index (Phi) is 6.53. The Morgan fingerprint density at radius 2 is 2.00 bits per heavy atom. The molecule has 0 saturated carbocycles. The molecule has 0 atom stereocenters. The standard InChI is InChI=1S/C18H20N4O4S2/c1-26-17(23)15-12-6-4-2-3-5-7-13(12)28-16(15)21-18(27)20-14-9-8-11(10-19-14)22(24)25/h8-10H,2-7H2,1H3,(H2,19,20,21,27). The van der Waals surface area contributed by atoms with Crippen molar-refractivity contribution < 1.29 is 14.5 Å². The van der Waals surface area contributed by atoms with Crippen molar-refractivity contribution in [3.8, 4) is 0 Å². The van der Waals surface area contributed by atoms with E-state index in [1.807, 2.05) is 0 Å². The molecular formula is C18H20N4O4S2. The maximum absolute atomic E-state index is 12.4. The highest BCUT2D eigenvalue weighted by Crippen LogP contribution is 2.37. The zero-order valence-corrected chi connectivity index (χ0v) is 17.0. The van der Waals surface area contributed by atoms with E-state index in [9.17, 15) is 14.9 Å². The minimum Gasteiger partial charge on any atom is -0.465 e. The number of nitrogens with one attached hydrogen (secondary N) is 2. The van der Waals surface area contributed by atoms with Crippen molar-refractivity contribution in [2.45, 2.75) is 38.5 Å². The molecule has 0 bridgehead atoms. The van der Waals surface area contributed by atoms with Gasteiger partial charge in [0.15, 0.2) is 5.11 Å². The fraction of sp³-hybridized carbons (Fsp3) is 0.389. The van der Waals surface area contributed by atoms with E-state index in [1.54, 1.807) is 0 Å². The molecule has 1 aliphatic rings. The SMILES string of the molecule is COC(=O)c1c(NC(=S)Nc2ccc([N+](=O)[O-])cn2)sc2c1CCCCCC2. The predicted octanol–water partition coefficient (Wildman–Crippen LogP) is 4.31. The van der Waals surface area contributed by atoms with Gasteiger partial charge in [-0.05, 0) is 49.5 Å². The van der Waals surface area contributed by atoms with Crippen LogP contribution in [0.25, 0.3) is 0 Å². The first-order valence-corrected chi connectivity index (χ1v) is 10.1. The van der Waals surface area contributed by atoms with Crippen LogP contribution >= 0.6 is 23.6 Å². The van der Waals surface area contributed by atoms with E-state index in [0.717, 1.165) is 43.9 Å². The van der Waals surface area contributed by atoms with Gasteiger partial charge in [0, 0.05) is 10.9 Å². The van der Waals surface area contributed by atoms with E-state index >= 15 is 0 Å². The summed E-state index contributed by atoms with van der Waals surface area (Å²) in [6.45, 7) is 0. The van der Waals surface area contributed by atoms with Gasteiger partial charge in [0.1, 0.15) is 17.0 Å². The zero-order valence-electron chi connectivity index (χ0n) is 15.3. The number of nitrogens with zero attached hydrogens (tertiary/aromatic N) is 2. The number of rotatable bonds is 4. The number of carbonyl (C=O) groups excluding carboxylic acids is 1. The number of aromatic nitrogens is 1. The summed E-state index contributed by atoms with van der Waals surface area (Å²) in [5.74, 6) is -0.00512. The molecular weight excluding hydrogens is 400 g/mol. The van der Waals surface area contributed by atoms with Crippen LogP contribution in [-0.4, -0.2) is 28.1 Å². The Balaban J connectivity index is 1.80. The van der Waals surface area contributed by atoms with Gasteiger partial charge in [-0.25, -0.2) is 9.78 Å². The van der Waals surface area contributed by atoms with Crippen molar-refractivity contribution >= 4 is 51.1 Å². The van der Waals surface area contributed by atoms with E-state index in [2.05, 4.69) is 15.6 Å². The number of fused-ring (bicyclic) bond motifs is 1. The lowest BCUT2D eigenvalue weighted by Crippen LogP contribution is -2.20. The molecule has 0 amide bonds. The van der Waals surface area contributed by atoms with Crippen molar-refractivity contribution in [3.63, 3.8) is 0 Å². The van der Waals surface area contributed by atoms with Crippen LogP contribution in [0, 0.1) is 10.1 Å². The smallest absolute Gasteiger partial charge is 0.341 e. The number of aryl methyl sites for hydroxylation is 1. The predicted molar refractivity (Wildman–Crippen MR) is 112 cm³/mol. The van der Waals surface area contributed by atoms with E-state index < -0.39 is 4.92 Å². The largest absolute Gasteiger partial charge is 0.465 e. The van der Waals surface area contributed by atoms with Crippen molar-refractivity contribution in [3.05, 3.63) is 44.4 Å². The number of thiocarbonyl (C=S) groups is 1. The third kappa shape index (κ3) is 4.63. The van der Waals surface area contributed by atoms with Crippen molar-refractivity contribution in [1.29, 1.82) is 0 Å². The lowest BCUT2D eigenvalue weighted by Gasteiger charge is -2.11. The number of ether oxygens (including phenoxy) is 1. The summed E-state index contributed by atoms with van der Waals surface area (Å²) in [5.41, 5.74) is 1.50. The lowest BCUT2D eigenvalue weighted by atomic mass is 9.96. The molecule has 2 aromatic heterocycles. The number of thiophene rings is 1. The topological polar surface area (TPSA) is 106 Å². The number of anilines is 2. The van der Waals surface area contributed by atoms with E-state index in [-0.39, 0.29) is 16.8 Å². The molecule has 8 nitrogen and oxygen atoms in total. The molecule has 0 spiro atoms. The summed E-state index contributed by atoms with van der Waals surface area (Å²) < 4.78 is 5.00. The first-order valence-electron chi connectivity index (χ1n) is 8.91. The second-order valence-electron chi connectivity index (χ2n) is 6.35. The van der Waals surface area contributed by atoms with Crippen LogP contribution in [0.15, 0.2) is 18.3 Å². The average Bonchev–Trinajstić information content (AvgIpc) is 2.97. The van der Waals surface area contributed by atoms with E-state index in [4.69, 9.17) is 17.0 Å². The second kappa shape index (κ2) is 9.07. The van der Waals surface area contributed by atoms with Gasteiger partial charge >= 0.3 is 5.97 Å². The van der Waals surface area contributed by atoms with Gasteiger partial charge < -0.3 is 15.4 Å². The van der Waals surface area contributed by atoms with Gasteiger partial charge in [-0.1, -0.05) is 12.8 Å². The van der Waals surface area contributed by atoms with Crippen LogP contribution in [0.5, 0.6) is 0 Å². The summed E-state index contributed by atoms with van der Waals surface area (Å²) in [6.07, 6.45) is 7.44. The number of hydrogen-bond acceptors (Lipinski definition) is 7. The monoisotopic (exact) mass is 420 g/mol. The highest BCUT2D eigenvalue weighted by molar-refractivity contribution is 7.80. The molecule has 10 heteroatoms. The fourth-order valence-electron chi connectivity index (χ4n) is 3.14. The minimum atomic E-state index is -0.517. The Hall–Kier alpha value is -2.59. The molecule has 0 aliphatic heterocycles. The summed E-state index contributed by atoms with van der Waals surface area (Å²) in [7, 11) is 1.37. The minimum absolute atomic E-state index is 0.101. The molecule has 0 saturated heterocycles. The highest BCUT2D eigenvalue weighted by Gasteiger charge is 2.25. The van der Waals surface area contributed by atoms with Gasteiger partial charge in [0.05, 0.1) is 17.6 Å². The van der Waals surface area contributed by atoms with Crippen LogP contribution in [0.1, 0.15) is 46.5 Å². The summed E-state index contributed by atoms with van der Waals surface area (Å²) in [4.78, 5) is 27.8.